The molecule has 118 valence electrons. The fourth-order valence-electron chi connectivity index (χ4n) is 0.656. The molecule has 0 unspecified atom stereocenters. The molecule has 0 heterocycles. The number of rotatable bonds is 3. The number of hydrogen-bond donors (Lipinski definition) is 1. The lowest BCUT2D eigenvalue weighted by molar-refractivity contribution is -0.131. The molecule has 1 aromatic carbocycles. The molecule has 1 aromatic rings. The summed E-state index contributed by atoms with van der Waals surface area (Å²) in [6.45, 7) is 11.3. The molecule has 21 heavy (non-hydrogen) atoms. The summed E-state index contributed by atoms with van der Waals surface area (Å²) >= 11 is 0. The number of methoxy groups -OCH3 is 1. The van der Waals surface area contributed by atoms with Crippen LogP contribution in [0.4, 0.5) is 0 Å². The monoisotopic (exact) mass is 294 g/mol. The number of ether oxygens (including phenoxy) is 1. The van der Waals surface area contributed by atoms with Gasteiger partial charge in [0.25, 0.3) is 0 Å². The zero-order chi connectivity index (χ0) is 17.1. The molecule has 0 amide bonds. The van der Waals surface area contributed by atoms with Crippen molar-refractivity contribution in [2.24, 2.45) is 0 Å². The second-order valence-corrected chi connectivity index (χ2v) is 3.39. The van der Waals surface area contributed by atoms with Gasteiger partial charge in [0.1, 0.15) is 6.29 Å². The van der Waals surface area contributed by atoms with Crippen LogP contribution in [0.2, 0.25) is 0 Å². The first kappa shape index (κ1) is 23.7. The lowest BCUT2D eigenvalue weighted by Crippen LogP contribution is -1.84. The van der Waals surface area contributed by atoms with Gasteiger partial charge in [0, 0.05) is 6.08 Å². The summed E-state index contributed by atoms with van der Waals surface area (Å²) in [6.07, 6.45) is 2.10. The van der Waals surface area contributed by atoms with Crippen LogP contribution in [-0.4, -0.2) is 24.5 Å². The van der Waals surface area contributed by atoms with E-state index >= 15 is 0 Å². The molecule has 4 nitrogen and oxygen atoms in total. The summed E-state index contributed by atoms with van der Waals surface area (Å²) in [4.78, 5) is 18.9. The first-order valence-corrected chi connectivity index (χ1v) is 6.50. The van der Waals surface area contributed by atoms with E-state index < -0.39 is 5.97 Å². The first-order valence-electron chi connectivity index (χ1n) is 6.50. The summed E-state index contributed by atoms with van der Waals surface area (Å²) in [5.74, 6) is -0.350. The van der Waals surface area contributed by atoms with Gasteiger partial charge in [-0.25, -0.2) is 4.79 Å². The van der Waals surface area contributed by atoms with E-state index in [2.05, 4.69) is 30.4 Å². The van der Waals surface area contributed by atoms with Crippen LogP contribution in [0.3, 0.4) is 0 Å². The molecular formula is C17H26O4. The largest absolute Gasteiger partial charge is 0.502 e. The second-order valence-electron chi connectivity index (χ2n) is 3.39. The highest BCUT2D eigenvalue weighted by molar-refractivity contribution is 5.84. The number of hydrogen-bond acceptors (Lipinski definition) is 3. The Kier molecular flexibility index (Phi) is 22.5. The topological polar surface area (TPSA) is 63.6 Å². The van der Waals surface area contributed by atoms with E-state index in [4.69, 9.17) is 5.11 Å². The van der Waals surface area contributed by atoms with Gasteiger partial charge in [-0.1, -0.05) is 56.3 Å². The summed E-state index contributed by atoms with van der Waals surface area (Å²) in [5, 5.41) is 7.80. The Hall–Kier alpha value is -2.36. The SMILES string of the molecule is C=C(C)OC.CC.Cc1ccccc1.O=C/C=C\C(=O)O. The zero-order valence-electron chi connectivity index (χ0n) is 13.5. The molecule has 0 saturated heterocycles. The molecule has 0 bridgehead atoms. The lowest BCUT2D eigenvalue weighted by Gasteiger charge is -1.88. The Morgan fingerprint density at radius 1 is 1.24 bits per heavy atom. The van der Waals surface area contributed by atoms with Gasteiger partial charge in [-0.05, 0) is 19.9 Å². The van der Waals surface area contributed by atoms with Crippen LogP contribution in [0.25, 0.3) is 0 Å². The van der Waals surface area contributed by atoms with Crippen molar-refractivity contribution >= 4 is 12.3 Å². The van der Waals surface area contributed by atoms with Crippen molar-refractivity contribution in [3.8, 4) is 0 Å². The van der Waals surface area contributed by atoms with Gasteiger partial charge in [-0.3, -0.25) is 4.79 Å². The third-order valence-corrected chi connectivity index (χ3v) is 1.61. The first-order chi connectivity index (χ1) is 9.93. The van der Waals surface area contributed by atoms with Crippen LogP contribution in [-0.2, 0) is 14.3 Å². The molecule has 0 atom stereocenters. The Balaban J connectivity index is -0.000000222. The minimum absolute atomic E-state index is 0.411. The number of carboxylic acid groups (broad SMARTS) is 1. The molecule has 0 aliphatic rings. The Morgan fingerprint density at radius 3 is 1.81 bits per heavy atom. The third kappa shape index (κ3) is 31.8. The number of carboxylic acids is 1. The summed E-state index contributed by atoms with van der Waals surface area (Å²) in [5.41, 5.74) is 1.32. The summed E-state index contributed by atoms with van der Waals surface area (Å²) in [6, 6.07) is 10.3. The quantitative estimate of drug-likeness (QED) is 0.519. The van der Waals surface area contributed by atoms with Gasteiger partial charge in [-0.2, -0.15) is 0 Å². The third-order valence-electron chi connectivity index (χ3n) is 1.61. The lowest BCUT2D eigenvalue weighted by atomic mass is 10.2. The smallest absolute Gasteiger partial charge is 0.328 e. The highest BCUT2D eigenvalue weighted by atomic mass is 16.5. The van der Waals surface area contributed by atoms with E-state index in [0.29, 0.717) is 6.29 Å². The van der Waals surface area contributed by atoms with Gasteiger partial charge in [0.2, 0.25) is 0 Å². The van der Waals surface area contributed by atoms with Crippen LogP contribution in [0.1, 0.15) is 26.3 Å². The average Bonchev–Trinajstić information content (AvgIpc) is 2.49. The van der Waals surface area contributed by atoms with Gasteiger partial charge < -0.3 is 9.84 Å². The number of allylic oxidation sites excluding steroid dienone is 2. The molecule has 0 fully saturated rings. The average molecular weight is 294 g/mol. The standard InChI is InChI=1S/C7H8.C4H4O3.C4H8O.C2H6/c1-7-5-3-2-4-6-7;5-3-1-2-4(6)7;1-4(2)5-3;1-2/h2-6H,1H3;1-3H,(H,6,7);1H2,2-3H3;1-2H3/b;2-1-;;. The van der Waals surface area contributed by atoms with E-state index in [-0.39, 0.29) is 0 Å². The van der Waals surface area contributed by atoms with Crippen molar-refractivity contribution < 1.29 is 19.4 Å². The maximum Gasteiger partial charge on any atom is 0.328 e. The number of aliphatic carboxylic acids is 1. The Labute approximate surface area is 127 Å². The molecular weight excluding hydrogens is 268 g/mol. The van der Waals surface area contributed by atoms with Crippen molar-refractivity contribution in [2.45, 2.75) is 27.7 Å². The van der Waals surface area contributed by atoms with E-state index in [1.807, 2.05) is 32.0 Å². The molecule has 0 aliphatic carbocycles. The molecule has 0 radical (unpaired) electrons. The molecule has 0 saturated carbocycles. The number of carbonyl (C=O) groups excluding carboxylic acids is 1. The highest BCUT2D eigenvalue weighted by Gasteiger charge is 1.79. The number of aryl methyl sites for hydroxylation is 1. The normalized spacial score (nSPS) is 7.86. The molecule has 0 aliphatic heterocycles. The zero-order valence-corrected chi connectivity index (χ0v) is 13.5. The van der Waals surface area contributed by atoms with Crippen LogP contribution < -0.4 is 0 Å². The predicted molar refractivity (Wildman–Crippen MR) is 87.2 cm³/mol. The highest BCUT2D eigenvalue weighted by Crippen LogP contribution is 1.92. The van der Waals surface area contributed by atoms with Crippen LogP contribution in [0.15, 0.2) is 54.8 Å². The molecule has 4 heteroatoms. The number of benzene rings is 1. The van der Waals surface area contributed by atoms with Gasteiger partial charge in [-0.15, -0.1) is 0 Å². The maximum atomic E-state index is 9.51. The Bertz CT molecular complexity index is 395. The van der Waals surface area contributed by atoms with Crippen LogP contribution in [0.5, 0.6) is 0 Å². The minimum Gasteiger partial charge on any atom is -0.502 e. The van der Waals surface area contributed by atoms with E-state index in [1.165, 1.54) is 5.56 Å². The van der Waals surface area contributed by atoms with Gasteiger partial charge >= 0.3 is 5.97 Å². The van der Waals surface area contributed by atoms with Crippen molar-refractivity contribution in [3.63, 3.8) is 0 Å². The molecule has 1 rings (SSSR count). The van der Waals surface area contributed by atoms with Crippen molar-refractivity contribution in [3.05, 3.63) is 60.4 Å². The van der Waals surface area contributed by atoms with Gasteiger partial charge in [0.05, 0.1) is 12.9 Å². The number of aldehydes is 1. The van der Waals surface area contributed by atoms with Crippen molar-refractivity contribution in [1.29, 1.82) is 0 Å². The minimum atomic E-state index is -1.10. The van der Waals surface area contributed by atoms with Crippen molar-refractivity contribution in [2.75, 3.05) is 7.11 Å². The Morgan fingerprint density at radius 2 is 1.67 bits per heavy atom. The van der Waals surface area contributed by atoms with E-state index in [0.717, 1.165) is 17.9 Å². The summed E-state index contributed by atoms with van der Waals surface area (Å²) < 4.78 is 4.56. The van der Waals surface area contributed by atoms with Gasteiger partial charge in [0.15, 0.2) is 0 Å². The van der Waals surface area contributed by atoms with Crippen LogP contribution in [0, 0.1) is 6.92 Å². The molecule has 1 N–H and O–H groups in total. The predicted octanol–water partition coefficient (Wildman–Crippen LogP) is 4.01. The van der Waals surface area contributed by atoms with Crippen molar-refractivity contribution in [1.82, 2.24) is 0 Å². The fourth-order valence-corrected chi connectivity index (χ4v) is 0.656. The van der Waals surface area contributed by atoms with Crippen LogP contribution >= 0.6 is 0 Å². The summed E-state index contributed by atoms with van der Waals surface area (Å²) in [7, 11) is 1.60. The molecule has 0 spiro atoms. The van der Waals surface area contributed by atoms with E-state index in [9.17, 15) is 9.59 Å². The maximum absolute atomic E-state index is 9.51. The van der Waals surface area contributed by atoms with E-state index in [1.54, 1.807) is 14.0 Å². The second kappa shape index (κ2) is 20.0. The fraction of sp³-hybridized carbons (Fsp3) is 0.294. The number of carbonyl (C=O) groups is 2. The molecule has 0 aromatic heterocycles.